The molecule has 1 aromatic carbocycles. The molecule has 0 aliphatic rings. The summed E-state index contributed by atoms with van der Waals surface area (Å²) in [5, 5.41) is 12.1. The van der Waals surface area contributed by atoms with Crippen molar-refractivity contribution in [1.82, 2.24) is 5.32 Å². The summed E-state index contributed by atoms with van der Waals surface area (Å²) in [7, 11) is 1.65. The standard InChI is InChI=1S/C15H24BrNO3/c1-11(2)20-15-13(16)8-12(9-14(15)19-3)10-17-6-4-5-7-18/h8-9,11,17-18H,4-7,10H2,1-3H3. The van der Waals surface area contributed by atoms with E-state index >= 15 is 0 Å². The van der Waals surface area contributed by atoms with Crippen LogP contribution < -0.4 is 14.8 Å². The molecule has 0 bridgehead atoms. The zero-order valence-corrected chi connectivity index (χ0v) is 14.0. The smallest absolute Gasteiger partial charge is 0.175 e. The van der Waals surface area contributed by atoms with Gasteiger partial charge in [0.2, 0.25) is 0 Å². The van der Waals surface area contributed by atoms with Crippen LogP contribution in [-0.2, 0) is 6.54 Å². The number of benzene rings is 1. The van der Waals surface area contributed by atoms with E-state index in [2.05, 4.69) is 21.2 Å². The van der Waals surface area contributed by atoms with Crippen LogP contribution >= 0.6 is 15.9 Å². The summed E-state index contributed by atoms with van der Waals surface area (Å²) >= 11 is 3.54. The van der Waals surface area contributed by atoms with Gasteiger partial charge in [-0.2, -0.15) is 0 Å². The molecule has 0 radical (unpaired) electrons. The molecule has 4 nitrogen and oxygen atoms in total. The van der Waals surface area contributed by atoms with Crippen molar-refractivity contribution in [1.29, 1.82) is 0 Å². The number of aliphatic hydroxyl groups is 1. The Bertz CT molecular complexity index is 410. The average molecular weight is 346 g/mol. The zero-order chi connectivity index (χ0) is 15.0. The molecule has 0 fully saturated rings. The second kappa shape index (κ2) is 9.21. The Labute approximate surface area is 129 Å². The maximum atomic E-state index is 8.73. The van der Waals surface area contributed by atoms with Crippen molar-refractivity contribution in [2.75, 3.05) is 20.3 Å². The maximum absolute atomic E-state index is 8.73. The number of hydrogen-bond acceptors (Lipinski definition) is 4. The Kier molecular flexibility index (Phi) is 7.95. The monoisotopic (exact) mass is 345 g/mol. The second-order valence-electron chi connectivity index (χ2n) is 4.88. The molecule has 0 heterocycles. The van der Waals surface area contributed by atoms with Crippen molar-refractivity contribution in [3.63, 3.8) is 0 Å². The molecule has 2 N–H and O–H groups in total. The molecule has 5 heteroatoms. The molecular weight excluding hydrogens is 322 g/mol. The number of rotatable bonds is 9. The molecule has 0 aromatic heterocycles. The number of halogens is 1. The topological polar surface area (TPSA) is 50.7 Å². The third-order valence-electron chi connectivity index (χ3n) is 2.73. The van der Waals surface area contributed by atoms with Crippen LogP contribution in [0.1, 0.15) is 32.3 Å². The number of aliphatic hydroxyl groups excluding tert-OH is 1. The van der Waals surface area contributed by atoms with Crippen molar-refractivity contribution < 1.29 is 14.6 Å². The lowest BCUT2D eigenvalue weighted by Crippen LogP contribution is -2.15. The quantitative estimate of drug-likeness (QED) is 0.675. The average Bonchev–Trinajstić information content (AvgIpc) is 2.40. The van der Waals surface area contributed by atoms with Gasteiger partial charge in [0, 0.05) is 13.2 Å². The molecule has 0 atom stereocenters. The van der Waals surface area contributed by atoms with Gasteiger partial charge in [-0.05, 0) is 66.9 Å². The fraction of sp³-hybridized carbons (Fsp3) is 0.600. The van der Waals surface area contributed by atoms with Gasteiger partial charge in [-0.15, -0.1) is 0 Å². The van der Waals surface area contributed by atoms with Gasteiger partial charge in [0.05, 0.1) is 17.7 Å². The molecule has 0 unspecified atom stereocenters. The lowest BCUT2D eigenvalue weighted by Gasteiger charge is -2.16. The summed E-state index contributed by atoms with van der Waals surface area (Å²) in [6, 6.07) is 4.03. The van der Waals surface area contributed by atoms with E-state index in [0.717, 1.165) is 47.5 Å². The zero-order valence-electron chi connectivity index (χ0n) is 12.4. The molecule has 0 spiro atoms. The maximum Gasteiger partial charge on any atom is 0.175 e. The normalized spacial score (nSPS) is 10.9. The van der Waals surface area contributed by atoms with E-state index in [1.54, 1.807) is 7.11 Å². The van der Waals surface area contributed by atoms with Crippen molar-refractivity contribution in [3.05, 3.63) is 22.2 Å². The molecule has 0 saturated carbocycles. The van der Waals surface area contributed by atoms with Gasteiger partial charge in [-0.1, -0.05) is 0 Å². The number of unbranched alkanes of at least 4 members (excludes halogenated alkanes) is 1. The lowest BCUT2D eigenvalue weighted by molar-refractivity contribution is 0.228. The van der Waals surface area contributed by atoms with Crippen LogP contribution in [0.4, 0.5) is 0 Å². The molecule has 0 aliphatic carbocycles. The first-order valence-corrected chi connectivity index (χ1v) is 7.72. The van der Waals surface area contributed by atoms with E-state index < -0.39 is 0 Å². The van der Waals surface area contributed by atoms with Crippen molar-refractivity contribution in [2.45, 2.75) is 39.3 Å². The number of hydrogen-bond donors (Lipinski definition) is 2. The van der Waals surface area contributed by atoms with Crippen LogP contribution in [0.25, 0.3) is 0 Å². The predicted molar refractivity (Wildman–Crippen MR) is 84.5 cm³/mol. The van der Waals surface area contributed by atoms with Crippen LogP contribution in [0.15, 0.2) is 16.6 Å². The Balaban J connectivity index is 2.67. The van der Waals surface area contributed by atoms with Gasteiger partial charge in [0.1, 0.15) is 0 Å². The Hall–Kier alpha value is -0.780. The Morgan fingerprint density at radius 3 is 2.65 bits per heavy atom. The number of methoxy groups -OCH3 is 1. The molecule has 0 amide bonds. The fourth-order valence-electron chi connectivity index (χ4n) is 1.82. The fourth-order valence-corrected chi connectivity index (χ4v) is 2.40. The highest BCUT2D eigenvalue weighted by Crippen LogP contribution is 2.37. The van der Waals surface area contributed by atoms with Crippen molar-refractivity contribution >= 4 is 15.9 Å². The molecule has 0 saturated heterocycles. The van der Waals surface area contributed by atoms with E-state index in [4.69, 9.17) is 14.6 Å². The number of nitrogens with one attached hydrogen (secondary N) is 1. The second-order valence-corrected chi connectivity index (χ2v) is 5.74. The van der Waals surface area contributed by atoms with Crippen molar-refractivity contribution in [2.24, 2.45) is 0 Å². The van der Waals surface area contributed by atoms with Crippen LogP contribution in [0.3, 0.4) is 0 Å². The summed E-state index contributed by atoms with van der Waals surface area (Å²) in [6.07, 6.45) is 1.91. The predicted octanol–water partition coefficient (Wildman–Crippen LogP) is 3.11. The largest absolute Gasteiger partial charge is 0.493 e. The van der Waals surface area contributed by atoms with E-state index in [9.17, 15) is 0 Å². The SMILES string of the molecule is COc1cc(CNCCCCO)cc(Br)c1OC(C)C. The Morgan fingerprint density at radius 1 is 1.30 bits per heavy atom. The van der Waals surface area contributed by atoms with Crippen molar-refractivity contribution in [3.8, 4) is 11.5 Å². The highest BCUT2D eigenvalue weighted by Gasteiger charge is 2.12. The molecule has 20 heavy (non-hydrogen) atoms. The van der Waals surface area contributed by atoms with Crippen LogP contribution in [0.2, 0.25) is 0 Å². The lowest BCUT2D eigenvalue weighted by atomic mass is 10.2. The third kappa shape index (κ3) is 5.69. The molecule has 0 aliphatic heterocycles. The molecule has 1 aromatic rings. The highest BCUT2D eigenvalue weighted by molar-refractivity contribution is 9.10. The van der Waals surface area contributed by atoms with Gasteiger partial charge < -0.3 is 19.9 Å². The highest BCUT2D eigenvalue weighted by atomic mass is 79.9. The van der Waals surface area contributed by atoms with Gasteiger partial charge in [-0.3, -0.25) is 0 Å². The third-order valence-corrected chi connectivity index (χ3v) is 3.32. The van der Waals surface area contributed by atoms with Crippen LogP contribution in [-0.4, -0.2) is 31.5 Å². The molecule has 114 valence electrons. The minimum atomic E-state index is 0.0997. The van der Waals surface area contributed by atoms with Gasteiger partial charge in [0.15, 0.2) is 11.5 Å². The van der Waals surface area contributed by atoms with Crippen LogP contribution in [0.5, 0.6) is 11.5 Å². The molecular formula is C15H24BrNO3. The summed E-state index contributed by atoms with van der Waals surface area (Å²) in [4.78, 5) is 0. The van der Waals surface area contributed by atoms with Gasteiger partial charge in [0.25, 0.3) is 0 Å². The molecule has 1 rings (SSSR count). The van der Waals surface area contributed by atoms with E-state index in [1.165, 1.54) is 0 Å². The van der Waals surface area contributed by atoms with E-state index in [1.807, 2.05) is 26.0 Å². The van der Waals surface area contributed by atoms with Gasteiger partial charge >= 0.3 is 0 Å². The summed E-state index contributed by atoms with van der Waals surface area (Å²) in [6.45, 7) is 5.89. The first-order chi connectivity index (χ1) is 9.58. The van der Waals surface area contributed by atoms with Gasteiger partial charge in [-0.25, -0.2) is 0 Å². The van der Waals surface area contributed by atoms with E-state index in [-0.39, 0.29) is 12.7 Å². The summed E-state index contributed by atoms with van der Waals surface area (Å²) in [5.41, 5.74) is 1.13. The first-order valence-electron chi connectivity index (χ1n) is 6.93. The minimum absolute atomic E-state index is 0.0997. The summed E-state index contributed by atoms with van der Waals surface area (Å²) < 4.78 is 12.1. The first kappa shape index (κ1) is 17.3. The Morgan fingerprint density at radius 2 is 2.05 bits per heavy atom. The minimum Gasteiger partial charge on any atom is -0.493 e. The van der Waals surface area contributed by atoms with Crippen LogP contribution in [0, 0.1) is 0 Å². The number of ether oxygens (including phenoxy) is 2. The van der Waals surface area contributed by atoms with E-state index in [0.29, 0.717) is 0 Å². The summed E-state index contributed by atoms with van der Waals surface area (Å²) in [5.74, 6) is 1.48.